The van der Waals surface area contributed by atoms with Crippen LogP contribution < -0.4 is 30.1 Å². The van der Waals surface area contributed by atoms with Crippen molar-refractivity contribution in [3.05, 3.63) is 84.2 Å². The van der Waals surface area contributed by atoms with Gasteiger partial charge in [-0.25, -0.2) is 14.6 Å². The molecule has 0 spiro atoms. The van der Waals surface area contributed by atoms with E-state index in [2.05, 4.69) is 26.6 Å². The second-order valence-electron chi connectivity index (χ2n) is 9.14. The smallest absolute Gasteiger partial charge is 0.333 e. The molecule has 1 aliphatic heterocycles. The summed E-state index contributed by atoms with van der Waals surface area (Å²) in [5.74, 6) is 1.30. The van der Waals surface area contributed by atoms with Crippen LogP contribution in [0.5, 0.6) is 11.5 Å². The number of hydrogen-bond acceptors (Lipinski definition) is 6. The molecule has 0 bridgehead atoms. The Morgan fingerprint density at radius 1 is 0.947 bits per heavy atom. The van der Waals surface area contributed by atoms with E-state index < -0.39 is 0 Å². The summed E-state index contributed by atoms with van der Waals surface area (Å²) in [6.07, 6.45) is 0.842. The number of para-hydroxylation sites is 2. The molecule has 1 saturated heterocycles. The second kappa shape index (κ2) is 13.5. The summed E-state index contributed by atoms with van der Waals surface area (Å²) >= 11 is 0. The first-order valence-corrected chi connectivity index (χ1v) is 12.9. The van der Waals surface area contributed by atoms with Crippen LogP contribution >= 0.6 is 0 Å². The Morgan fingerprint density at radius 2 is 1.71 bits per heavy atom. The standard InChI is InChI=1S/C29H36FN5O3/c1-37-26-8-5-7-23(21-26)22-35(25-13-11-24(30)12-14-25)32-29(36)31-15-6-16-33-17-19-34(20-18-33)27-9-3-4-10-28(27)38-2/h3-5,7-14,21H,6,15-20,22H2,1-2H3,(H2,31,32,36). The third kappa shape index (κ3) is 7.52. The maximum atomic E-state index is 13.5. The highest BCUT2D eigenvalue weighted by Crippen LogP contribution is 2.28. The van der Waals surface area contributed by atoms with Crippen LogP contribution in [0.4, 0.5) is 20.6 Å². The van der Waals surface area contributed by atoms with Crippen LogP contribution in [-0.4, -0.2) is 64.4 Å². The molecular formula is C29H36FN5O3. The predicted octanol–water partition coefficient (Wildman–Crippen LogP) is 4.28. The summed E-state index contributed by atoms with van der Waals surface area (Å²) in [6.45, 7) is 5.65. The van der Waals surface area contributed by atoms with Crippen LogP contribution in [0.1, 0.15) is 12.0 Å². The minimum Gasteiger partial charge on any atom is -0.497 e. The zero-order valence-electron chi connectivity index (χ0n) is 22.0. The minimum atomic E-state index is -0.330. The van der Waals surface area contributed by atoms with Gasteiger partial charge in [0.1, 0.15) is 17.3 Å². The number of benzene rings is 3. The summed E-state index contributed by atoms with van der Waals surface area (Å²) in [4.78, 5) is 17.5. The molecule has 202 valence electrons. The Morgan fingerprint density at radius 3 is 2.45 bits per heavy atom. The van der Waals surface area contributed by atoms with Gasteiger partial charge < -0.3 is 19.7 Å². The molecule has 8 nitrogen and oxygen atoms in total. The van der Waals surface area contributed by atoms with E-state index in [4.69, 9.17) is 9.47 Å². The van der Waals surface area contributed by atoms with Crippen molar-refractivity contribution in [1.82, 2.24) is 15.6 Å². The van der Waals surface area contributed by atoms with Crippen LogP contribution in [-0.2, 0) is 6.54 Å². The topological polar surface area (TPSA) is 69.3 Å². The fourth-order valence-corrected chi connectivity index (χ4v) is 4.54. The lowest BCUT2D eigenvalue weighted by molar-refractivity contribution is 0.235. The number of methoxy groups -OCH3 is 2. The van der Waals surface area contributed by atoms with Gasteiger partial charge in [-0.1, -0.05) is 24.3 Å². The fourth-order valence-electron chi connectivity index (χ4n) is 4.54. The molecule has 3 aromatic rings. The van der Waals surface area contributed by atoms with Gasteiger partial charge in [-0.3, -0.25) is 9.91 Å². The molecule has 1 aliphatic rings. The average Bonchev–Trinajstić information content (AvgIpc) is 2.96. The molecule has 0 saturated carbocycles. The van der Waals surface area contributed by atoms with Gasteiger partial charge in [0.25, 0.3) is 0 Å². The number of urea groups is 1. The van der Waals surface area contributed by atoms with Gasteiger partial charge in [0.15, 0.2) is 0 Å². The van der Waals surface area contributed by atoms with Gasteiger partial charge in [-0.2, -0.15) is 0 Å². The number of hydrogen-bond donors (Lipinski definition) is 2. The van der Waals surface area contributed by atoms with E-state index >= 15 is 0 Å². The molecule has 38 heavy (non-hydrogen) atoms. The number of carbonyl (C=O) groups excluding carboxylic acids is 1. The molecule has 3 aromatic carbocycles. The Labute approximate surface area is 223 Å². The first-order valence-electron chi connectivity index (χ1n) is 12.9. The van der Waals surface area contributed by atoms with Gasteiger partial charge in [-0.15, -0.1) is 0 Å². The SMILES string of the molecule is COc1cccc(CN(NC(=O)NCCCN2CCN(c3ccccc3OC)CC2)c2ccc(F)cc2)c1. The molecule has 0 radical (unpaired) electrons. The minimum absolute atomic E-state index is 0.307. The lowest BCUT2D eigenvalue weighted by Crippen LogP contribution is -2.49. The van der Waals surface area contributed by atoms with Crippen molar-refractivity contribution in [3.63, 3.8) is 0 Å². The number of halogens is 1. The highest BCUT2D eigenvalue weighted by atomic mass is 19.1. The normalized spacial score (nSPS) is 13.6. The molecule has 1 fully saturated rings. The number of anilines is 2. The summed E-state index contributed by atoms with van der Waals surface area (Å²) in [5, 5.41) is 4.64. The van der Waals surface area contributed by atoms with Gasteiger partial charge >= 0.3 is 6.03 Å². The lowest BCUT2D eigenvalue weighted by atomic mass is 10.2. The van der Waals surface area contributed by atoms with E-state index in [1.807, 2.05) is 42.5 Å². The number of ether oxygens (including phenoxy) is 2. The molecule has 0 aromatic heterocycles. The second-order valence-corrected chi connectivity index (χ2v) is 9.14. The highest BCUT2D eigenvalue weighted by Gasteiger charge is 2.19. The van der Waals surface area contributed by atoms with E-state index in [1.165, 1.54) is 12.1 Å². The largest absolute Gasteiger partial charge is 0.497 e. The molecule has 0 atom stereocenters. The van der Waals surface area contributed by atoms with Crippen LogP contribution in [0, 0.1) is 5.82 Å². The monoisotopic (exact) mass is 521 g/mol. The zero-order valence-corrected chi connectivity index (χ0v) is 22.0. The van der Waals surface area contributed by atoms with E-state index in [1.54, 1.807) is 31.4 Å². The van der Waals surface area contributed by atoms with Gasteiger partial charge in [0.05, 0.1) is 32.1 Å². The molecule has 2 amide bonds. The third-order valence-corrected chi connectivity index (χ3v) is 6.58. The van der Waals surface area contributed by atoms with Crippen LogP contribution in [0.3, 0.4) is 0 Å². The number of rotatable bonds is 11. The van der Waals surface area contributed by atoms with Crippen LogP contribution in [0.2, 0.25) is 0 Å². The maximum absolute atomic E-state index is 13.5. The van der Waals surface area contributed by atoms with Gasteiger partial charge in [0, 0.05) is 32.7 Å². The van der Waals surface area contributed by atoms with Gasteiger partial charge in [0.2, 0.25) is 0 Å². The lowest BCUT2D eigenvalue weighted by Gasteiger charge is -2.36. The highest BCUT2D eigenvalue weighted by molar-refractivity contribution is 5.76. The fraction of sp³-hybridized carbons (Fsp3) is 0.345. The Bertz CT molecular complexity index is 1170. The van der Waals surface area contributed by atoms with Crippen molar-refractivity contribution in [2.24, 2.45) is 0 Å². The summed E-state index contributed by atoms with van der Waals surface area (Å²) in [6, 6.07) is 21.5. The maximum Gasteiger partial charge on any atom is 0.333 e. The van der Waals surface area contributed by atoms with Crippen molar-refractivity contribution in [1.29, 1.82) is 0 Å². The number of hydrazine groups is 1. The van der Waals surface area contributed by atoms with Crippen molar-refractivity contribution >= 4 is 17.4 Å². The van der Waals surface area contributed by atoms with Crippen molar-refractivity contribution in [2.45, 2.75) is 13.0 Å². The quantitative estimate of drug-likeness (QED) is 0.290. The molecular weight excluding hydrogens is 485 g/mol. The number of carbonyl (C=O) groups is 1. The van der Waals surface area contributed by atoms with Crippen molar-refractivity contribution in [3.8, 4) is 11.5 Å². The predicted molar refractivity (Wildman–Crippen MR) is 148 cm³/mol. The van der Waals surface area contributed by atoms with Crippen LogP contribution in [0.15, 0.2) is 72.8 Å². The Hall–Kier alpha value is -3.98. The van der Waals surface area contributed by atoms with Crippen LogP contribution in [0.25, 0.3) is 0 Å². The first kappa shape index (κ1) is 27.1. The molecule has 2 N–H and O–H groups in total. The Kier molecular flexibility index (Phi) is 9.64. The summed E-state index contributed by atoms with van der Waals surface area (Å²) < 4.78 is 24.3. The van der Waals surface area contributed by atoms with Crippen molar-refractivity contribution < 1.29 is 18.7 Å². The number of nitrogens with one attached hydrogen (secondary N) is 2. The molecule has 4 rings (SSSR count). The number of piperazine rings is 1. The van der Waals surface area contributed by atoms with E-state index in [0.29, 0.717) is 18.8 Å². The van der Waals surface area contributed by atoms with E-state index in [0.717, 1.165) is 61.9 Å². The summed E-state index contributed by atoms with van der Waals surface area (Å²) in [7, 11) is 3.32. The molecule has 0 unspecified atom stereocenters. The zero-order chi connectivity index (χ0) is 26.7. The third-order valence-electron chi connectivity index (χ3n) is 6.58. The molecule has 9 heteroatoms. The summed E-state index contributed by atoms with van der Waals surface area (Å²) in [5.41, 5.74) is 5.66. The van der Waals surface area contributed by atoms with E-state index in [9.17, 15) is 9.18 Å². The Balaban J connectivity index is 1.23. The average molecular weight is 522 g/mol. The molecule has 0 aliphatic carbocycles. The molecule has 1 heterocycles. The number of nitrogens with zero attached hydrogens (tertiary/aromatic N) is 3. The van der Waals surface area contributed by atoms with E-state index in [-0.39, 0.29) is 11.8 Å². The van der Waals surface area contributed by atoms with Gasteiger partial charge in [-0.05, 0) is 67.1 Å². The van der Waals surface area contributed by atoms with Crippen molar-refractivity contribution in [2.75, 3.05) is 63.4 Å². The first-order chi connectivity index (χ1) is 18.6. The number of amides is 2.